The van der Waals surface area contributed by atoms with Crippen molar-refractivity contribution in [2.45, 2.75) is 36.4 Å². The zero-order valence-electron chi connectivity index (χ0n) is 7.79. The smallest absolute Gasteiger partial charge is 0.233 e. The number of carbonyl (C=O) groups is 1. The highest BCUT2D eigenvalue weighted by molar-refractivity contribution is 8.01. The Morgan fingerprint density at radius 1 is 1.54 bits per heavy atom. The summed E-state index contributed by atoms with van der Waals surface area (Å²) >= 11 is 1.79. The highest BCUT2D eigenvalue weighted by Crippen LogP contribution is 2.32. The molecule has 0 saturated carbocycles. The summed E-state index contributed by atoms with van der Waals surface area (Å²) < 4.78 is 5.46. The maximum Gasteiger partial charge on any atom is 0.233 e. The van der Waals surface area contributed by atoms with Gasteiger partial charge in [0.1, 0.15) is 0 Å². The summed E-state index contributed by atoms with van der Waals surface area (Å²) in [6, 6.07) is 0. The van der Waals surface area contributed by atoms with E-state index in [-0.39, 0.29) is 11.2 Å². The van der Waals surface area contributed by atoms with Crippen LogP contribution >= 0.6 is 11.8 Å². The highest BCUT2D eigenvalue weighted by Gasteiger charge is 2.32. The molecule has 2 aliphatic rings. The normalized spacial score (nSPS) is 39.5. The number of nitrogens with one attached hydrogen (secondary N) is 1. The number of amides is 1. The lowest BCUT2D eigenvalue weighted by molar-refractivity contribution is -0.118. The molecule has 74 valence electrons. The highest BCUT2D eigenvalue weighted by atomic mass is 32.2. The van der Waals surface area contributed by atoms with Crippen LogP contribution in [0.4, 0.5) is 0 Å². The van der Waals surface area contributed by atoms with E-state index in [4.69, 9.17) is 4.74 Å². The van der Waals surface area contributed by atoms with Gasteiger partial charge in [0.2, 0.25) is 5.91 Å². The molecule has 0 aliphatic carbocycles. The van der Waals surface area contributed by atoms with Crippen LogP contribution in [0, 0.1) is 0 Å². The molecule has 0 aromatic heterocycles. The molecule has 0 aromatic carbocycles. The number of ether oxygens (including phenoxy) is 1. The molecule has 2 aliphatic heterocycles. The number of hydrogen-bond donors (Lipinski definition) is 1. The van der Waals surface area contributed by atoms with Crippen molar-refractivity contribution >= 4 is 17.7 Å². The topological polar surface area (TPSA) is 38.3 Å². The van der Waals surface area contributed by atoms with Gasteiger partial charge in [0.15, 0.2) is 0 Å². The van der Waals surface area contributed by atoms with Gasteiger partial charge in [-0.15, -0.1) is 11.8 Å². The van der Waals surface area contributed by atoms with Crippen molar-refractivity contribution in [1.82, 2.24) is 5.32 Å². The maximum atomic E-state index is 11.3. The molecule has 0 bridgehead atoms. The minimum atomic E-state index is 0.175. The van der Waals surface area contributed by atoms with Gasteiger partial charge in [-0.3, -0.25) is 4.79 Å². The summed E-state index contributed by atoms with van der Waals surface area (Å²) in [4.78, 5) is 11.3. The molecule has 3 nitrogen and oxygen atoms in total. The van der Waals surface area contributed by atoms with Crippen LogP contribution in [-0.4, -0.2) is 35.7 Å². The van der Waals surface area contributed by atoms with Gasteiger partial charge < -0.3 is 10.1 Å². The predicted octanol–water partition coefficient (Wildman–Crippen LogP) is 0.785. The first-order chi connectivity index (χ1) is 6.27. The quantitative estimate of drug-likeness (QED) is 0.717. The molecule has 2 rings (SSSR count). The lowest BCUT2D eigenvalue weighted by Crippen LogP contribution is -2.24. The molecule has 0 spiro atoms. The summed E-state index contributed by atoms with van der Waals surface area (Å²) in [5, 5.41) is 3.56. The Hall–Kier alpha value is -0.220. The van der Waals surface area contributed by atoms with Gasteiger partial charge in [0.05, 0.1) is 11.4 Å². The fourth-order valence-corrected chi connectivity index (χ4v) is 3.22. The Morgan fingerprint density at radius 2 is 2.38 bits per heavy atom. The number of thioether (sulfide) groups is 1. The van der Waals surface area contributed by atoms with Crippen LogP contribution in [0.25, 0.3) is 0 Å². The monoisotopic (exact) mass is 201 g/mol. The summed E-state index contributed by atoms with van der Waals surface area (Å²) in [5.74, 6) is 0.212. The average molecular weight is 201 g/mol. The largest absolute Gasteiger partial charge is 0.377 e. The molecule has 4 heteroatoms. The second kappa shape index (κ2) is 3.88. The van der Waals surface area contributed by atoms with Crippen molar-refractivity contribution in [3.05, 3.63) is 0 Å². The molecule has 3 unspecified atom stereocenters. The molecular formula is C9H15NO2S. The second-order valence-electron chi connectivity index (χ2n) is 3.61. The molecule has 13 heavy (non-hydrogen) atoms. The predicted molar refractivity (Wildman–Crippen MR) is 52.8 cm³/mol. The summed E-state index contributed by atoms with van der Waals surface area (Å²) in [6.07, 6.45) is 2.39. The van der Waals surface area contributed by atoms with E-state index in [1.54, 1.807) is 11.8 Å². The molecular weight excluding hydrogens is 186 g/mol. The Morgan fingerprint density at radius 3 is 2.92 bits per heavy atom. The fourth-order valence-electron chi connectivity index (χ4n) is 1.80. The first kappa shape index (κ1) is 9.34. The van der Waals surface area contributed by atoms with Crippen LogP contribution in [0.3, 0.4) is 0 Å². The Balaban J connectivity index is 1.86. The number of hydrogen-bond acceptors (Lipinski definition) is 3. The molecule has 2 saturated heterocycles. The van der Waals surface area contributed by atoms with Crippen molar-refractivity contribution in [3.8, 4) is 0 Å². The number of carbonyl (C=O) groups excluding carboxylic acids is 1. The zero-order valence-corrected chi connectivity index (χ0v) is 8.60. The van der Waals surface area contributed by atoms with Gasteiger partial charge in [-0.05, 0) is 19.8 Å². The van der Waals surface area contributed by atoms with E-state index in [0.29, 0.717) is 11.4 Å². The molecule has 1 N–H and O–H groups in total. The standard InChI is InChI=1S/C9H15NO2S/c1-6-7(3-5-12-6)13-8-2-4-10-9(8)11/h6-8H,2-5H2,1H3,(H,10,11). The molecule has 1 amide bonds. The van der Waals surface area contributed by atoms with E-state index in [9.17, 15) is 4.79 Å². The van der Waals surface area contributed by atoms with Gasteiger partial charge in [0, 0.05) is 18.4 Å². The first-order valence-electron chi connectivity index (χ1n) is 4.82. The Labute approximate surface area is 82.6 Å². The van der Waals surface area contributed by atoms with Gasteiger partial charge in [-0.25, -0.2) is 0 Å². The third-order valence-electron chi connectivity index (χ3n) is 2.64. The maximum absolute atomic E-state index is 11.3. The SMILES string of the molecule is CC1OCCC1SC1CCNC1=O. The van der Waals surface area contributed by atoms with Gasteiger partial charge in [-0.1, -0.05) is 0 Å². The van der Waals surface area contributed by atoms with Crippen LogP contribution in [-0.2, 0) is 9.53 Å². The van der Waals surface area contributed by atoms with E-state index in [2.05, 4.69) is 12.2 Å². The minimum Gasteiger partial charge on any atom is -0.377 e. The molecule has 0 aromatic rings. The van der Waals surface area contributed by atoms with Crippen molar-refractivity contribution in [2.75, 3.05) is 13.2 Å². The van der Waals surface area contributed by atoms with E-state index in [0.717, 1.165) is 26.0 Å². The van der Waals surface area contributed by atoms with E-state index in [1.165, 1.54) is 0 Å². The van der Waals surface area contributed by atoms with E-state index in [1.807, 2.05) is 0 Å². The van der Waals surface area contributed by atoms with E-state index < -0.39 is 0 Å². The van der Waals surface area contributed by atoms with Crippen LogP contribution in [0.2, 0.25) is 0 Å². The van der Waals surface area contributed by atoms with E-state index >= 15 is 0 Å². The second-order valence-corrected chi connectivity index (χ2v) is 5.05. The molecule has 2 fully saturated rings. The van der Waals surface area contributed by atoms with Crippen molar-refractivity contribution in [2.24, 2.45) is 0 Å². The molecule has 2 heterocycles. The van der Waals surface area contributed by atoms with Crippen molar-refractivity contribution in [3.63, 3.8) is 0 Å². The zero-order chi connectivity index (χ0) is 9.26. The minimum absolute atomic E-state index is 0.175. The van der Waals surface area contributed by atoms with Crippen LogP contribution in [0.1, 0.15) is 19.8 Å². The average Bonchev–Trinajstić information content (AvgIpc) is 2.65. The van der Waals surface area contributed by atoms with Gasteiger partial charge in [-0.2, -0.15) is 0 Å². The van der Waals surface area contributed by atoms with Gasteiger partial charge >= 0.3 is 0 Å². The lowest BCUT2D eigenvalue weighted by atomic mass is 10.3. The van der Waals surface area contributed by atoms with Crippen molar-refractivity contribution < 1.29 is 9.53 Å². The van der Waals surface area contributed by atoms with Gasteiger partial charge in [0.25, 0.3) is 0 Å². The molecule has 3 atom stereocenters. The summed E-state index contributed by atoms with van der Waals surface area (Å²) in [7, 11) is 0. The number of rotatable bonds is 2. The van der Waals surface area contributed by atoms with Crippen LogP contribution < -0.4 is 5.32 Å². The third-order valence-corrected chi connectivity index (χ3v) is 4.39. The summed E-state index contributed by atoms with van der Waals surface area (Å²) in [5.41, 5.74) is 0. The fraction of sp³-hybridized carbons (Fsp3) is 0.889. The summed E-state index contributed by atoms with van der Waals surface area (Å²) in [6.45, 7) is 3.79. The van der Waals surface area contributed by atoms with Crippen LogP contribution in [0.15, 0.2) is 0 Å². The lowest BCUT2D eigenvalue weighted by Gasteiger charge is -2.16. The molecule has 0 radical (unpaired) electrons. The third kappa shape index (κ3) is 1.99. The Bertz CT molecular complexity index is 210. The van der Waals surface area contributed by atoms with Crippen LogP contribution in [0.5, 0.6) is 0 Å². The Kier molecular flexibility index (Phi) is 2.79. The first-order valence-corrected chi connectivity index (χ1v) is 5.76. The van der Waals surface area contributed by atoms with Crippen molar-refractivity contribution in [1.29, 1.82) is 0 Å².